The molecule has 1 aromatic heterocycles. The van der Waals surface area contributed by atoms with Crippen molar-refractivity contribution in [1.29, 1.82) is 0 Å². The number of thioether (sulfide) groups is 1. The Balaban J connectivity index is 1.64. The van der Waals surface area contributed by atoms with Crippen LogP contribution in [0.25, 0.3) is 5.69 Å². The van der Waals surface area contributed by atoms with E-state index < -0.39 is 10.0 Å². The standard InChI is InChI=1S/C22H27N5O4S2/c1-4-16(2)26-33(29,30)19-12-10-17(11-13-19)23-21(28)15-32-22-25-24-20(14-31-3)27(22)18-8-6-5-7-9-18/h5-13,16,26H,4,14-15H2,1-3H3,(H,23,28). The number of nitrogens with zero attached hydrogens (tertiary/aromatic N) is 3. The second-order valence-corrected chi connectivity index (χ2v) is 9.95. The molecule has 1 amide bonds. The molecule has 3 rings (SSSR count). The minimum atomic E-state index is -3.59. The van der Waals surface area contributed by atoms with Gasteiger partial charge >= 0.3 is 0 Å². The highest BCUT2D eigenvalue weighted by molar-refractivity contribution is 7.99. The van der Waals surface area contributed by atoms with Crippen molar-refractivity contribution in [2.24, 2.45) is 0 Å². The molecule has 1 heterocycles. The molecule has 0 spiro atoms. The van der Waals surface area contributed by atoms with Crippen LogP contribution in [0.3, 0.4) is 0 Å². The van der Waals surface area contributed by atoms with Crippen LogP contribution in [0.5, 0.6) is 0 Å². The van der Waals surface area contributed by atoms with Crippen LogP contribution in [-0.4, -0.2) is 48.0 Å². The van der Waals surface area contributed by atoms with E-state index in [0.29, 0.717) is 23.1 Å². The topological polar surface area (TPSA) is 115 Å². The first kappa shape index (κ1) is 24.9. The van der Waals surface area contributed by atoms with Gasteiger partial charge in [0.2, 0.25) is 15.9 Å². The van der Waals surface area contributed by atoms with E-state index in [0.717, 1.165) is 5.69 Å². The summed E-state index contributed by atoms with van der Waals surface area (Å²) in [6, 6.07) is 15.5. The first-order valence-electron chi connectivity index (χ1n) is 10.4. The van der Waals surface area contributed by atoms with Gasteiger partial charge in [-0.15, -0.1) is 10.2 Å². The summed E-state index contributed by atoms with van der Waals surface area (Å²) in [5.41, 5.74) is 1.38. The van der Waals surface area contributed by atoms with E-state index >= 15 is 0 Å². The summed E-state index contributed by atoms with van der Waals surface area (Å²) in [5.74, 6) is 0.492. The van der Waals surface area contributed by atoms with E-state index in [1.54, 1.807) is 26.2 Å². The van der Waals surface area contributed by atoms with Crippen LogP contribution < -0.4 is 10.0 Å². The molecule has 0 aliphatic rings. The lowest BCUT2D eigenvalue weighted by Gasteiger charge is -2.12. The third-order valence-corrected chi connectivity index (χ3v) is 7.27. The zero-order valence-corrected chi connectivity index (χ0v) is 20.3. The van der Waals surface area contributed by atoms with Gasteiger partial charge in [0.1, 0.15) is 6.61 Å². The summed E-state index contributed by atoms with van der Waals surface area (Å²) >= 11 is 1.25. The molecule has 2 aromatic carbocycles. The summed E-state index contributed by atoms with van der Waals surface area (Å²) < 4.78 is 34.4. The summed E-state index contributed by atoms with van der Waals surface area (Å²) in [5, 5.41) is 11.7. The number of anilines is 1. The molecule has 2 N–H and O–H groups in total. The second kappa shape index (κ2) is 11.4. The summed E-state index contributed by atoms with van der Waals surface area (Å²) in [7, 11) is -2.01. The van der Waals surface area contributed by atoms with Crippen LogP contribution in [0.4, 0.5) is 5.69 Å². The van der Waals surface area contributed by atoms with Crippen molar-refractivity contribution in [2.75, 3.05) is 18.2 Å². The van der Waals surface area contributed by atoms with Crippen molar-refractivity contribution in [2.45, 2.75) is 43.0 Å². The SMILES string of the molecule is CCC(C)NS(=O)(=O)c1ccc(NC(=O)CSc2nnc(COC)n2-c2ccccc2)cc1. The first-order chi connectivity index (χ1) is 15.8. The third-order valence-electron chi connectivity index (χ3n) is 4.74. The number of sulfonamides is 1. The quantitative estimate of drug-likeness (QED) is 0.397. The maximum absolute atomic E-state index is 12.5. The maximum Gasteiger partial charge on any atom is 0.240 e. The number of aromatic nitrogens is 3. The molecular formula is C22H27N5O4S2. The van der Waals surface area contributed by atoms with Gasteiger partial charge in [-0.2, -0.15) is 0 Å². The van der Waals surface area contributed by atoms with Gasteiger partial charge in [0.05, 0.1) is 10.6 Å². The molecule has 9 nitrogen and oxygen atoms in total. The highest BCUT2D eigenvalue weighted by Gasteiger charge is 2.18. The minimum Gasteiger partial charge on any atom is -0.377 e. The number of carbonyl (C=O) groups is 1. The van der Waals surface area contributed by atoms with Crippen molar-refractivity contribution in [3.8, 4) is 5.69 Å². The summed E-state index contributed by atoms with van der Waals surface area (Å²) in [6.45, 7) is 4.00. The Kier molecular flexibility index (Phi) is 8.61. The highest BCUT2D eigenvalue weighted by atomic mass is 32.2. The van der Waals surface area contributed by atoms with E-state index in [1.807, 2.05) is 41.8 Å². The van der Waals surface area contributed by atoms with Gasteiger partial charge in [0, 0.05) is 24.5 Å². The molecule has 3 aromatic rings. The number of ether oxygens (including phenoxy) is 1. The van der Waals surface area contributed by atoms with Crippen LogP contribution in [0.15, 0.2) is 64.6 Å². The molecule has 0 bridgehead atoms. The Hall–Kier alpha value is -2.73. The van der Waals surface area contributed by atoms with Crippen molar-refractivity contribution in [3.05, 3.63) is 60.4 Å². The molecular weight excluding hydrogens is 462 g/mol. The average Bonchev–Trinajstić information content (AvgIpc) is 3.21. The molecule has 11 heteroatoms. The Morgan fingerprint density at radius 2 is 1.82 bits per heavy atom. The minimum absolute atomic E-state index is 0.105. The smallest absolute Gasteiger partial charge is 0.240 e. The Morgan fingerprint density at radius 1 is 1.12 bits per heavy atom. The van der Waals surface area contributed by atoms with Crippen LogP contribution in [0.1, 0.15) is 26.1 Å². The molecule has 1 unspecified atom stereocenters. The fraction of sp³-hybridized carbons (Fsp3) is 0.318. The Morgan fingerprint density at radius 3 is 2.45 bits per heavy atom. The first-order valence-corrected chi connectivity index (χ1v) is 12.8. The number of nitrogens with one attached hydrogen (secondary N) is 2. The molecule has 0 saturated carbocycles. The molecule has 0 radical (unpaired) electrons. The van der Waals surface area contributed by atoms with Gasteiger partial charge in [-0.1, -0.05) is 36.9 Å². The molecule has 1 atom stereocenters. The molecule has 33 heavy (non-hydrogen) atoms. The molecule has 0 aliphatic heterocycles. The van der Waals surface area contributed by atoms with E-state index in [4.69, 9.17) is 4.74 Å². The monoisotopic (exact) mass is 489 g/mol. The van der Waals surface area contributed by atoms with Gasteiger partial charge in [-0.25, -0.2) is 13.1 Å². The molecule has 0 saturated heterocycles. The van der Waals surface area contributed by atoms with Crippen LogP contribution in [0, 0.1) is 0 Å². The van der Waals surface area contributed by atoms with Crippen molar-refractivity contribution < 1.29 is 17.9 Å². The summed E-state index contributed by atoms with van der Waals surface area (Å²) in [6.07, 6.45) is 0.691. The Labute approximate surface area is 198 Å². The van der Waals surface area contributed by atoms with Crippen molar-refractivity contribution in [1.82, 2.24) is 19.5 Å². The maximum atomic E-state index is 12.5. The number of carbonyl (C=O) groups excluding carboxylic acids is 1. The van der Waals surface area contributed by atoms with Crippen LogP contribution in [0.2, 0.25) is 0 Å². The lowest BCUT2D eigenvalue weighted by molar-refractivity contribution is -0.113. The zero-order chi connectivity index (χ0) is 23.8. The lowest BCUT2D eigenvalue weighted by atomic mass is 10.3. The number of para-hydroxylation sites is 1. The van der Waals surface area contributed by atoms with E-state index in [-0.39, 0.29) is 29.2 Å². The third kappa shape index (κ3) is 6.64. The fourth-order valence-corrected chi connectivity index (χ4v) is 5.01. The number of rotatable bonds is 11. The summed E-state index contributed by atoms with van der Waals surface area (Å²) in [4.78, 5) is 12.6. The predicted octanol–water partition coefficient (Wildman–Crippen LogP) is 3.22. The molecule has 0 aliphatic carbocycles. The normalized spacial score (nSPS) is 12.5. The number of amides is 1. The van der Waals surface area contributed by atoms with Gasteiger partial charge in [0.15, 0.2) is 11.0 Å². The average molecular weight is 490 g/mol. The number of benzene rings is 2. The molecule has 0 fully saturated rings. The lowest BCUT2D eigenvalue weighted by Crippen LogP contribution is -2.31. The zero-order valence-electron chi connectivity index (χ0n) is 18.7. The van der Waals surface area contributed by atoms with Crippen LogP contribution in [-0.2, 0) is 26.2 Å². The van der Waals surface area contributed by atoms with E-state index in [1.165, 1.54) is 23.9 Å². The Bertz CT molecular complexity index is 1170. The highest BCUT2D eigenvalue weighted by Crippen LogP contribution is 2.23. The van der Waals surface area contributed by atoms with Crippen LogP contribution >= 0.6 is 11.8 Å². The largest absolute Gasteiger partial charge is 0.377 e. The number of hydrogen-bond acceptors (Lipinski definition) is 7. The number of methoxy groups -OCH3 is 1. The van der Waals surface area contributed by atoms with Gasteiger partial charge in [-0.05, 0) is 49.7 Å². The second-order valence-electron chi connectivity index (χ2n) is 7.29. The predicted molar refractivity (Wildman–Crippen MR) is 128 cm³/mol. The van der Waals surface area contributed by atoms with Gasteiger partial charge < -0.3 is 10.1 Å². The van der Waals surface area contributed by atoms with Crippen molar-refractivity contribution in [3.63, 3.8) is 0 Å². The van der Waals surface area contributed by atoms with E-state index in [2.05, 4.69) is 20.2 Å². The fourth-order valence-electron chi connectivity index (χ4n) is 2.91. The van der Waals surface area contributed by atoms with E-state index in [9.17, 15) is 13.2 Å². The van der Waals surface area contributed by atoms with Gasteiger partial charge in [-0.3, -0.25) is 9.36 Å². The molecule has 176 valence electrons. The van der Waals surface area contributed by atoms with Crippen molar-refractivity contribution >= 4 is 33.4 Å². The number of hydrogen-bond donors (Lipinski definition) is 2. The van der Waals surface area contributed by atoms with Gasteiger partial charge in [0.25, 0.3) is 0 Å².